The van der Waals surface area contributed by atoms with Crippen LogP contribution in [0, 0.1) is 10.1 Å². The van der Waals surface area contributed by atoms with E-state index >= 15 is 0 Å². The molecule has 0 spiro atoms. The Kier molecular flexibility index (Phi) is 6.45. The molecule has 1 aromatic rings. The van der Waals surface area contributed by atoms with Crippen molar-refractivity contribution in [1.82, 2.24) is 0 Å². The summed E-state index contributed by atoms with van der Waals surface area (Å²) in [7, 11) is 0. The van der Waals surface area contributed by atoms with Gasteiger partial charge in [0.2, 0.25) is 0 Å². The molecule has 0 aliphatic carbocycles. The number of nitro groups is 1. The maximum absolute atomic E-state index is 10.9. The lowest BCUT2D eigenvalue weighted by Gasteiger charge is -2.07. The standard InChI is InChI=1S/C13H18N2O5/c16-8-4-2-1-3-7-14-10-5-6-11(13(17)18)12(9-10)15(19)20/h5-6,9,14,16H,1-4,7-8H2,(H,17,18). The number of carbonyl (C=O) groups is 1. The second-order valence-electron chi connectivity index (χ2n) is 4.36. The van der Waals surface area contributed by atoms with Gasteiger partial charge < -0.3 is 15.5 Å². The number of unbranched alkanes of at least 4 members (excludes halogenated alkanes) is 3. The van der Waals surface area contributed by atoms with Gasteiger partial charge in [-0.1, -0.05) is 12.8 Å². The van der Waals surface area contributed by atoms with E-state index in [9.17, 15) is 14.9 Å². The van der Waals surface area contributed by atoms with E-state index in [2.05, 4.69) is 5.32 Å². The van der Waals surface area contributed by atoms with Gasteiger partial charge in [0.25, 0.3) is 5.69 Å². The van der Waals surface area contributed by atoms with Crippen LogP contribution in [0.5, 0.6) is 0 Å². The number of nitrogens with zero attached hydrogens (tertiary/aromatic N) is 1. The van der Waals surface area contributed by atoms with Crippen LogP contribution in [-0.2, 0) is 0 Å². The lowest BCUT2D eigenvalue weighted by Crippen LogP contribution is -2.06. The number of aromatic carboxylic acids is 1. The highest BCUT2D eigenvalue weighted by Crippen LogP contribution is 2.23. The van der Waals surface area contributed by atoms with E-state index in [-0.39, 0.29) is 12.2 Å². The number of aliphatic hydroxyl groups is 1. The normalized spacial score (nSPS) is 10.2. The highest BCUT2D eigenvalue weighted by molar-refractivity contribution is 5.93. The van der Waals surface area contributed by atoms with E-state index in [1.807, 2.05) is 0 Å². The predicted molar refractivity (Wildman–Crippen MR) is 74.1 cm³/mol. The Labute approximate surface area is 116 Å². The van der Waals surface area contributed by atoms with Crippen LogP contribution in [0.1, 0.15) is 36.0 Å². The molecule has 7 nitrogen and oxygen atoms in total. The Morgan fingerprint density at radius 1 is 1.25 bits per heavy atom. The maximum atomic E-state index is 10.9. The summed E-state index contributed by atoms with van der Waals surface area (Å²) in [5.41, 5.74) is -0.199. The summed E-state index contributed by atoms with van der Waals surface area (Å²) in [6.07, 6.45) is 3.56. The van der Waals surface area contributed by atoms with Crippen LogP contribution in [0.2, 0.25) is 0 Å². The van der Waals surface area contributed by atoms with Gasteiger partial charge in [0, 0.05) is 24.9 Å². The molecule has 0 radical (unpaired) electrons. The summed E-state index contributed by atoms with van der Waals surface area (Å²) in [6, 6.07) is 3.98. The Morgan fingerprint density at radius 2 is 1.95 bits per heavy atom. The van der Waals surface area contributed by atoms with Crippen molar-refractivity contribution in [3.63, 3.8) is 0 Å². The largest absolute Gasteiger partial charge is 0.477 e. The first kappa shape index (κ1) is 15.9. The van der Waals surface area contributed by atoms with Crippen molar-refractivity contribution in [2.45, 2.75) is 25.7 Å². The Morgan fingerprint density at radius 3 is 2.55 bits per heavy atom. The lowest BCUT2D eigenvalue weighted by atomic mass is 10.1. The third-order valence-electron chi connectivity index (χ3n) is 2.84. The van der Waals surface area contributed by atoms with Crippen LogP contribution < -0.4 is 5.32 Å². The molecule has 0 aromatic heterocycles. The van der Waals surface area contributed by atoms with Crippen LogP contribution in [-0.4, -0.2) is 34.3 Å². The Balaban J connectivity index is 2.57. The summed E-state index contributed by atoms with van der Waals surface area (Å²) in [6.45, 7) is 0.839. The molecule has 20 heavy (non-hydrogen) atoms. The van der Waals surface area contributed by atoms with Gasteiger partial charge in [0.15, 0.2) is 0 Å². The van der Waals surface area contributed by atoms with Crippen LogP contribution in [0.3, 0.4) is 0 Å². The van der Waals surface area contributed by atoms with Crippen LogP contribution >= 0.6 is 0 Å². The minimum absolute atomic E-state index is 0.191. The number of nitro benzene ring substituents is 1. The summed E-state index contributed by atoms with van der Waals surface area (Å²) in [5, 5.41) is 31.3. The van der Waals surface area contributed by atoms with Crippen molar-refractivity contribution < 1.29 is 19.9 Å². The molecule has 0 aliphatic rings. The molecule has 0 aliphatic heterocycles. The molecule has 0 unspecified atom stereocenters. The summed E-state index contributed by atoms with van der Waals surface area (Å²) in [5.74, 6) is -1.31. The molecule has 0 atom stereocenters. The van der Waals surface area contributed by atoms with E-state index in [0.717, 1.165) is 25.7 Å². The number of anilines is 1. The van der Waals surface area contributed by atoms with Crippen molar-refractivity contribution >= 4 is 17.3 Å². The molecule has 0 saturated heterocycles. The molecule has 0 saturated carbocycles. The minimum atomic E-state index is -1.31. The zero-order valence-electron chi connectivity index (χ0n) is 11.0. The molecule has 0 bridgehead atoms. The van der Waals surface area contributed by atoms with Gasteiger partial charge in [-0.05, 0) is 25.0 Å². The van der Waals surface area contributed by atoms with Crippen molar-refractivity contribution in [3.05, 3.63) is 33.9 Å². The Bertz CT molecular complexity index is 476. The molecule has 7 heteroatoms. The smallest absolute Gasteiger partial charge is 0.342 e. The molecule has 0 heterocycles. The predicted octanol–water partition coefficient (Wildman–Crippen LogP) is 2.26. The lowest BCUT2D eigenvalue weighted by molar-refractivity contribution is -0.385. The summed E-state index contributed by atoms with van der Waals surface area (Å²) in [4.78, 5) is 21.0. The van der Waals surface area contributed by atoms with Gasteiger partial charge in [0.05, 0.1) is 4.92 Å². The van der Waals surface area contributed by atoms with Gasteiger partial charge in [-0.15, -0.1) is 0 Å². The van der Waals surface area contributed by atoms with Crippen LogP contribution in [0.15, 0.2) is 18.2 Å². The van der Waals surface area contributed by atoms with Gasteiger partial charge in [0.1, 0.15) is 5.56 Å². The number of hydrogen-bond acceptors (Lipinski definition) is 5. The molecule has 0 fully saturated rings. The molecule has 0 amide bonds. The first-order valence-electron chi connectivity index (χ1n) is 6.42. The number of rotatable bonds is 9. The van der Waals surface area contributed by atoms with Gasteiger partial charge in [-0.25, -0.2) is 4.79 Å². The average Bonchev–Trinajstić information content (AvgIpc) is 2.42. The third kappa shape index (κ3) is 4.85. The quantitative estimate of drug-likeness (QED) is 0.364. The summed E-state index contributed by atoms with van der Waals surface area (Å²) >= 11 is 0. The van der Waals surface area contributed by atoms with E-state index in [1.165, 1.54) is 18.2 Å². The second kappa shape index (κ2) is 8.11. The number of hydrogen-bond donors (Lipinski definition) is 3. The molecule has 110 valence electrons. The number of aliphatic hydroxyl groups excluding tert-OH is 1. The van der Waals surface area contributed by atoms with Crippen molar-refractivity contribution in [2.24, 2.45) is 0 Å². The average molecular weight is 282 g/mol. The fraction of sp³-hybridized carbons (Fsp3) is 0.462. The number of benzene rings is 1. The zero-order valence-corrected chi connectivity index (χ0v) is 11.0. The molecular formula is C13H18N2O5. The minimum Gasteiger partial charge on any atom is -0.477 e. The first-order valence-corrected chi connectivity index (χ1v) is 6.42. The molecule has 3 N–H and O–H groups in total. The van der Waals surface area contributed by atoms with Gasteiger partial charge in [-0.2, -0.15) is 0 Å². The van der Waals surface area contributed by atoms with E-state index in [1.54, 1.807) is 0 Å². The van der Waals surface area contributed by atoms with Gasteiger partial charge in [-0.3, -0.25) is 10.1 Å². The van der Waals surface area contributed by atoms with E-state index in [4.69, 9.17) is 10.2 Å². The topological polar surface area (TPSA) is 113 Å². The molecule has 1 rings (SSSR count). The molecular weight excluding hydrogens is 264 g/mol. The molecule has 1 aromatic carbocycles. The Hall–Kier alpha value is -2.15. The number of nitrogens with one attached hydrogen (secondary N) is 1. The highest BCUT2D eigenvalue weighted by Gasteiger charge is 2.19. The maximum Gasteiger partial charge on any atom is 0.342 e. The fourth-order valence-corrected chi connectivity index (χ4v) is 1.80. The van der Waals surface area contributed by atoms with Crippen molar-refractivity contribution in [3.8, 4) is 0 Å². The van der Waals surface area contributed by atoms with E-state index < -0.39 is 16.6 Å². The van der Waals surface area contributed by atoms with Crippen LogP contribution in [0.4, 0.5) is 11.4 Å². The number of carboxylic acid groups (broad SMARTS) is 1. The van der Waals surface area contributed by atoms with E-state index in [0.29, 0.717) is 12.2 Å². The van der Waals surface area contributed by atoms with Crippen molar-refractivity contribution in [2.75, 3.05) is 18.5 Å². The second-order valence-corrected chi connectivity index (χ2v) is 4.36. The third-order valence-corrected chi connectivity index (χ3v) is 2.84. The fourth-order valence-electron chi connectivity index (χ4n) is 1.80. The van der Waals surface area contributed by atoms with Gasteiger partial charge >= 0.3 is 5.97 Å². The highest BCUT2D eigenvalue weighted by atomic mass is 16.6. The van der Waals surface area contributed by atoms with Crippen molar-refractivity contribution in [1.29, 1.82) is 0 Å². The zero-order chi connectivity index (χ0) is 15.0. The SMILES string of the molecule is O=C(O)c1ccc(NCCCCCCO)cc1[N+](=O)[O-]. The summed E-state index contributed by atoms with van der Waals surface area (Å²) < 4.78 is 0. The monoisotopic (exact) mass is 282 g/mol. The number of carboxylic acids is 1. The van der Waals surface area contributed by atoms with Crippen LogP contribution in [0.25, 0.3) is 0 Å². The first-order chi connectivity index (χ1) is 9.56.